The van der Waals surface area contributed by atoms with Crippen molar-refractivity contribution in [2.24, 2.45) is 23.7 Å². The number of likely N-dealkylation sites (tertiary alicyclic amines) is 1. The lowest BCUT2D eigenvalue weighted by atomic mass is 9.82. The van der Waals surface area contributed by atoms with E-state index in [1.165, 1.54) is 24.8 Å². The molecule has 1 aliphatic heterocycles. The smallest absolute Gasteiger partial charge is 0.223 e. The monoisotopic (exact) mass is 663 g/mol. The highest BCUT2D eigenvalue weighted by atomic mass is 28.4. The molecule has 0 unspecified atom stereocenters. The van der Waals surface area contributed by atoms with Crippen molar-refractivity contribution in [1.29, 1.82) is 0 Å². The molecule has 3 atom stereocenters. The number of ether oxygens (including phenoxy) is 3. The van der Waals surface area contributed by atoms with Crippen molar-refractivity contribution in [2.75, 3.05) is 53.6 Å². The molecule has 0 saturated carbocycles. The molecule has 0 aromatic heterocycles. The normalized spacial score (nSPS) is 16.8. The first kappa shape index (κ1) is 40.6. The van der Waals surface area contributed by atoms with Crippen LogP contribution in [0.4, 0.5) is 0 Å². The summed E-state index contributed by atoms with van der Waals surface area (Å²) in [4.78, 5) is 16.1. The van der Waals surface area contributed by atoms with Gasteiger partial charge >= 0.3 is 0 Å². The van der Waals surface area contributed by atoms with Crippen LogP contribution in [-0.2, 0) is 20.4 Å². The van der Waals surface area contributed by atoms with Gasteiger partial charge in [0, 0.05) is 45.2 Å². The van der Waals surface area contributed by atoms with Gasteiger partial charge < -0.3 is 28.9 Å². The second kappa shape index (κ2) is 20.0. The molecule has 1 fully saturated rings. The summed E-state index contributed by atoms with van der Waals surface area (Å²) in [6.07, 6.45) is 8.50. The maximum Gasteiger partial charge on any atom is 0.223 e. The zero-order valence-corrected chi connectivity index (χ0v) is 32.5. The van der Waals surface area contributed by atoms with Crippen molar-refractivity contribution in [2.45, 2.75) is 124 Å². The van der Waals surface area contributed by atoms with E-state index in [9.17, 15) is 4.79 Å². The number of piperidine rings is 1. The Morgan fingerprint density at radius 3 is 2.24 bits per heavy atom. The highest BCUT2D eigenvalue weighted by Crippen LogP contribution is 2.40. The van der Waals surface area contributed by atoms with Crippen molar-refractivity contribution in [1.82, 2.24) is 10.2 Å². The summed E-state index contributed by atoms with van der Waals surface area (Å²) in [7, 11) is 1.36. The van der Waals surface area contributed by atoms with Crippen LogP contribution < -0.4 is 14.8 Å². The van der Waals surface area contributed by atoms with Gasteiger partial charge in [0.1, 0.15) is 0 Å². The molecule has 2 rings (SSSR count). The maximum atomic E-state index is 13.6. The van der Waals surface area contributed by atoms with E-state index in [1.807, 2.05) is 6.07 Å². The third kappa shape index (κ3) is 13.9. The summed E-state index contributed by atoms with van der Waals surface area (Å²) in [5.74, 6) is 2.93. The van der Waals surface area contributed by atoms with E-state index in [0.29, 0.717) is 25.0 Å². The molecular weight excluding hydrogens is 593 g/mol. The van der Waals surface area contributed by atoms with E-state index in [-0.39, 0.29) is 28.9 Å². The predicted molar refractivity (Wildman–Crippen MR) is 195 cm³/mol. The summed E-state index contributed by atoms with van der Waals surface area (Å²) >= 11 is 0. The van der Waals surface area contributed by atoms with Crippen molar-refractivity contribution in [3.8, 4) is 11.5 Å². The molecule has 1 aliphatic rings. The molecule has 1 aromatic carbocycles. The van der Waals surface area contributed by atoms with Gasteiger partial charge in [0.15, 0.2) is 19.8 Å². The van der Waals surface area contributed by atoms with Crippen LogP contribution in [0.2, 0.25) is 18.1 Å². The number of amides is 1. The Bertz CT molecular complexity index is 1000. The van der Waals surface area contributed by atoms with Crippen LogP contribution in [0.1, 0.15) is 99.0 Å². The molecule has 0 aliphatic carbocycles. The fourth-order valence-electron chi connectivity index (χ4n) is 6.15. The fraction of sp³-hybridized carbons (Fsp3) is 0.816. The van der Waals surface area contributed by atoms with E-state index in [0.717, 1.165) is 69.8 Å². The molecule has 1 amide bonds. The molecule has 1 aromatic rings. The molecule has 46 heavy (non-hydrogen) atoms. The number of carbonyl (C=O) groups excluding carboxylic acids is 1. The van der Waals surface area contributed by atoms with Crippen molar-refractivity contribution < 1.29 is 23.4 Å². The summed E-state index contributed by atoms with van der Waals surface area (Å²) < 4.78 is 24.0. The molecular formula is C38H70N2O5Si. The van der Waals surface area contributed by atoms with E-state index < -0.39 is 8.32 Å². The highest BCUT2D eigenvalue weighted by molar-refractivity contribution is 6.74. The Hall–Kier alpha value is -1.61. The Labute approximate surface area is 284 Å². The van der Waals surface area contributed by atoms with Crippen molar-refractivity contribution >= 4 is 14.2 Å². The second-order valence-electron chi connectivity index (χ2n) is 15.7. The van der Waals surface area contributed by atoms with E-state index in [2.05, 4.69) is 83.9 Å². The zero-order chi connectivity index (χ0) is 34.3. The largest absolute Gasteiger partial charge is 0.493 e. The number of nitrogens with one attached hydrogen (secondary N) is 1. The molecule has 0 radical (unpaired) electrons. The van der Waals surface area contributed by atoms with Gasteiger partial charge in [0.25, 0.3) is 0 Å². The minimum atomic E-state index is -2.04. The fourth-order valence-corrected chi connectivity index (χ4v) is 7.56. The van der Waals surface area contributed by atoms with Crippen LogP contribution in [0.3, 0.4) is 0 Å². The van der Waals surface area contributed by atoms with Gasteiger partial charge in [-0.2, -0.15) is 0 Å². The minimum absolute atomic E-state index is 0.0536. The lowest BCUT2D eigenvalue weighted by Gasteiger charge is -2.41. The molecule has 8 heteroatoms. The van der Waals surface area contributed by atoms with E-state index >= 15 is 0 Å². The lowest BCUT2D eigenvalue weighted by molar-refractivity contribution is -0.127. The molecule has 1 N–H and O–H groups in total. The number of benzene rings is 1. The standard InChI is InChI=1S/C38H70N2O5Si/c1-29(2)32(26-31-16-19-35(43-9)36(27-31)44-25-15-24-42-8)17-18-33(45-46(10,11)38(5,6)7)28-34(30(3)4)37(41)39-20-23-40-21-13-12-14-22-40/h16,19,27,29-30,32-34H,12-15,17-18,20-26,28H2,1-11H3,(H,39,41)/t32-,33-,34+/m1/s1. The van der Waals surface area contributed by atoms with Gasteiger partial charge in [-0.15, -0.1) is 0 Å². The third-order valence-electron chi connectivity index (χ3n) is 10.4. The number of hydrogen-bond acceptors (Lipinski definition) is 6. The van der Waals surface area contributed by atoms with Gasteiger partial charge in [-0.1, -0.05) is 61.0 Å². The molecule has 0 spiro atoms. The maximum absolute atomic E-state index is 13.6. The van der Waals surface area contributed by atoms with Gasteiger partial charge in [0.05, 0.1) is 13.7 Å². The topological polar surface area (TPSA) is 69.3 Å². The van der Waals surface area contributed by atoms with Gasteiger partial charge in [-0.05, 0) is 105 Å². The number of methoxy groups -OCH3 is 2. The van der Waals surface area contributed by atoms with Crippen LogP contribution in [0, 0.1) is 23.7 Å². The first-order valence-corrected chi connectivity index (χ1v) is 21.1. The van der Waals surface area contributed by atoms with Crippen LogP contribution >= 0.6 is 0 Å². The lowest BCUT2D eigenvalue weighted by Crippen LogP contribution is -2.46. The van der Waals surface area contributed by atoms with Crippen molar-refractivity contribution in [3.63, 3.8) is 0 Å². The first-order valence-electron chi connectivity index (χ1n) is 18.1. The quantitative estimate of drug-likeness (QED) is 0.105. The average molecular weight is 663 g/mol. The molecule has 1 heterocycles. The van der Waals surface area contributed by atoms with Gasteiger partial charge in [0.2, 0.25) is 5.91 Å². The summed E-state index contributed by atoms with van der Waals surface area (Å²) in [5, 5.41) is 3.41. The number of hydrogen-bond donors (Lipinski definition) is 1. The Morgan fingerprint density at radius 1 is 0.957 bits per heavy atom. The molecule has 1 saturated heterocycles. The van der Waals surface area contributed by atoms with Gasteiger partial charge in [-0.25, -0.2) is 0 Å². The average Bonchev–Trinajstić information content (AvgIpc) is 2.99. The molecule has 266 valence electrons. The number of rotatable bonds is 21. The Morgan fingerprint density at radius 2 is 1.65 bits per heavy atom. The Kier molecular flexibility index (Phi) is 17.7. The van der Waals surface area contributed by atoms with Crippen molar-refractivity contribution in [3.05, 3.63) is 23.8 Å². The second-order valence-corrected chi connectivity index (χ2v) is 20.5. The molecule has 0 bridgehead atoms. The highest BCUT2D eigenvalue weighted by Gasteiger charge is 2.40. The summed E-state index contributed by atoms with van der Waals surface area (Å²) in [6.45, 7) is 25.9. The van der Waals surface area contributed by atoms with E-state index in [1.54, 1.807) is 14.2 Å². The molecule has 7 nitrogen and oxygen atoms in total. The zero-order valence-electron chi connectivity index (χ0n) is 31.5. The SMILES string of the molecule is COCCCOc1cc(C[C@@H](CC[C@H](C[C@H](C(=O)NCCN2CCCCC2)C(C)C)O[Si](C)(C)C(C)(C)C)C(C)C)ccc1OC. The van der Waals surface area contributed by atoms with Crippen LogP contribution in [0.5, 0.6) is 11.5 Å². The van der Waals surface area contributed by atoms with Crippen LogP contribution in [0.15, 0.2) is 18.2 Å². The van der Waals surface area contributed by atoms with E-state index in [4.69, 9.17) is 18.6 Å². The number of carbonyl (C=O) groups is 1. The Balaban J connectivity index is 2.16. The minimum Gasteiger partial charge on any atom is -0.493 e. The first-order chi connectivity index (χ1) is 21.7. The van der Waals surface area contributed by atoms with Crippen LogP contribution in [0.25, 0.3) is 0 Å². The third-order valence-corrected chi connectivity index (χ3v) is 14.9. The number of nitrogens with zero attached hydrogens (tertiary/aromatic N) is 1. The van der Waals surface area contributed by atoms with Gasteiger partial charge in [-0.3, -0.25) is 4.79 Å². The summed E-state index contributed by atoms with van der Waals surface area (Å²) in [5.41, 5.74) is 1.26. The van der Waals surface area contributed by atoms with Crippen LogP contribution in [-0.4, -0.2) is 78.8 Å². The predicted octanol–water partition coefficient (Wildman–Crippen LogP) is 8.36. The summed E-state index contributed by atoms with van der Waals surface area (Å²) in [6, 6.07) is 6.34.